The van der Waals surface area contributed by atoms with Crippen LogP contribution < -0.4 is 31.9 Å². The molecular formula is C111H126Br3N15O9. The van der Waals surface area contributed by atoms with Crippen molar-refractivity contribution in [1.82, 2.24) is 35.5 Å². The average molecular weight is 2050 g/mol. The first-order valence-electron chi connectivity index (χ1n) is 47.8. The molecule has 7 aliphatic rings. The molecule has 24 nitrogen and oxygen atoms in total. The van der Waals surface area contributed by atoms with Crippen LogP contribution in [-0.2, 0) is 48.8 Å². The van der Waals surface area contributed by atoms with Gasteiger partial charge in [0.2, 0.25) is 17.7 Å². The summed E-state index contributed by atoms with van der Waals surface area (Å²) in [6.07, 6.45) is 20.5. The Balaban J connectivity index is 0.000000159. The Morgan fingerprint density at radius 3 is 1.29 bits per heavy atom. The number of amides is 6. The number of aryl methyl sites for hydroxylation is 9. The van der Waals surface area contributed by atoms with Crippen LogP contribution in [0.4, 0.5) is 45.5 Å². The molecule has 2 saturated heterocycles. The van der Waals surface area contributed by atoms with Gasteiger partial charge >= 0.3 is 0 Å². The van der Waals surface area contributed by atoms with Crippen molar-refractivity contribution in [2.75, 3.05) is 62.2 Å². The van der Waals surface area contributed by atoms with Gasteiger partial charge < -0.3 is 59.6 Å². The SMILES string of the molecule is BrCCCCCCBr.C.Cc1ccc(-c2c(C)noc2C)cc1Nc1ccc(C2(C#N)CC2)cc1.Nc1ccc2c(c1)CN(C1CCC(=O)NC1=O)C2=O.[C-]#[N+]C1(c2ccc(N(CCCCCCBr)c3cc(-c4c(C)noc4C)ccc3C)cc2)CC1.[C-]#[N+]C1(c2ccc(N(CCCCCCN3C(=O)CCC(N4Cc5cc(N)ccc5C4=O)C3=O)c3cc(-c4c(C)noc4C)ccc3C)cc2)CC1. The highest BCUT2D eigenvalue weighted by Gasteiger charge is 2.54. The van der Waals surface area contributed by atoms with Crippen molar-refractivity contribution in [3.63, 3.8) is 0 Å². The fraction of sp³-hybridized carbons (Fsp3) is 0.405. The molecule has 4 aliphatic heterocycles. The molecule has 7 heterocycles. The molecule has 8 aromatic carbocycles. The van der Waals surface area contributed by atoms with E-state index in [0.29, 0.717) is 61.4 Å². The molecule has 18 rings (SSSR count). The van der Waals surface area contributed by atoms with E-state index in [-0.39, 0.29) is 66.3 Å². The van der Waals surface area contributed by atoms with Crippen LogP contribution in [0.3, 0.4) is 0 Å². The lowest BCUT2D eigenvalue weighted by molar-refractivity contribution is -0.152. The number of nitrogens with two attached hydrogens (primary N) is 2. The Morgan fingerprint density at radius 2 is 0.891 bits per heavy atom. The molecule has 0 radical (unpaired) electrons. The van der Waals surface area contributed by atoms with Crippen LogP contribution in [0.1, 0.15) is 248 Å². The van der Waals surface area contributed by atoms with Crippen LogP contribution in [0, 0.1) is 86.8 Å². The summed E-state index contributed by atoms with van der Waals surface area (Å²) in [7, 11) is 0. The standard InChI is InChI=1S/C41H44N6O4.C28H32BrN3O.C22H21N3O.C13H13N3O3.C6H12Br2.CH4/c1-26-9-10-29(38-27(2)44-51-28(38)3)24-36(26)45(33-14-11-31(12-15-33)41(43-4)19-20-41)21-7-5-6-8-22-46-37(48)18-17-35(40(46)50)47-25-30-23-32(42)13-16-34(30)39(47)49;1-20-9-10-23(27-21(2)31-33-22(27)3)19-26(20)32(18-8-6-5-7-17-29)25-13-11-24(12-14-25)28(30-4)15-16-28;1-14-4-5-17(21-15(2)25-26-16(21)3)12-20(14)24-19-8-6-18(7-9-19)22(13-23)10-11-22;14-8-1-2-9-7(5-8)6-16(13(9)19)10-3-4-11(17)15-12(10)18;7-5-3-1-2-4-6-8;/h9-16,23-24,35H,5-8,17-22,25,42H2,1-3H3;9-14,19H,5-8,15-18H2,1-3H3;4-9,12,24H,10-11H2,1-3H3;1-2,5,10H,3-4,6,14H2,(H,15,17,18);1-6H2;1H4. The van der Waals surface area contributed by atoms with Crippen LogP contribution in [0.2, 0.25) is 0 Å². The maximum atomic E-state index is 13.6. The van der Waals surface area contributed by atoms with Crippen LogP contribution in [-0.4, -0.2) is 113 Å². The number of nitrogens with zero attached hydrogens (tertiary/aromatic N) is 11. The number of nitrogen functional groups attached to an aromatic ring is 2. The smallest absolute Gasteiger partial charge is 0.258 e. The summed E-state index contributed by atoms with van der Waals surface area (Å²) in [6, 6.07) is 56.4. The van der Waals surface area contributed by atoms with Crippen molar-refractivity contribution in [2.24, 2.45) is 0 Å². The van der Waals surface area contributed by atoms with Crippen molar-refractivity contribution in [3.8, 4) is 39.4 Å². The van der Waals surface area contributed by atoms with E-state index in [1.165, 1.54) is 77.2 Å². The van der Waals surface area contributed by atoms with Gasteiger partial charge in [-0.3, -0.25) is 39.0 Å². The number of carbonyl (C=O) groups is 6. The molecule has 6 amide bonds. The van der Waals surface area contributed by atoms with Gasteiger partial charge in [-0.1, -0.05) is 158 Å². The second-order valence-electron chi connectivity index (χ2n) is 37.1. The van der Waals surface area contributed by atoms with Gasteiger partial charge in [0.1, 0.15) is 29.4 Å². The van der Waals surface area contributed by atoms with Crippen molar-refractivity contribution in [2.45, 2.75) is 253 Å². The van der Waals surface area contributed by atoms with Gasteiger partial charge in [0.05, 0.1) is 28.6 Å². The van der Waals surface area contributed by atoms with E-state index in [1.54, 1.807) is 41.3 Å². The number of likely N-dealkylation sites (tertiary alicyclic amines) is 1. The van der Waals surface area contributed by atoms with Crippen LogP contribution in [0.25, 0.3) is 43.1 Å². The number of nitriles is 1. The number of aromatic nitrogens is 3. The first-order valence-corrected chi connectivity index (χ1v) is 51.1. The first-order chi connectivity index (χ1) is 66.1. The molecule has 3 saturated carbocycles. The Morgan fingerprint density at radius 1 is 0.486 bits per heavy atom. The fourth-order valence-electron chi connectivity index (χ4n) is 18.9. The molecule has 720 valence electrons. The lowest BCUT2D eigenvalue weighted by atomic mass is 9.97. The van der Waals surface area contributed by atoms with Crippen molar-refractivity contribution < 1.29 is 42.3 Å². The molecule has 2 atom stereocenters. The van der Waals surface area contributed by atoms with Gasteiger partial charge in [0, 0.05) is 172 Å². The molecule has 138 heavy (non-hydrogen) atoms. The van der Waals surface area contributed by atoms with E-state index >= 15 is 0 Å². The number of anilines is 8. The summed E-state index contributed by atoms with van der Waals surface area (Å²) in [4.78, 5) is 91.8. The molecule has 2 unspecified atom stereocenters. The number of benzene rings is 8. The normalized spacial score (nSPS) is 16.4. The third kappa shape index (κ3) is 23.9. The number of halogens is 3. The Hall–Kier alpha value is -12.5. The summed E-state index contributed by atoms with van der Waals surface area (Å²) in [5.41, 5.74) is 37.4. The van der Waals surface area contributed by atoms with Crippen LogP contribution >= 0.6 is 47.8 Å². The number of rotatable bonds is 32. The lowest BCUT2D eigenvalue weighted by Crippen LogP contribution is -2.54. The minimum atomic E-state index is -0.641. The second-order valence-corrected chi connectivity index (χ2v) is 39.5. The quantitative estimate of drug-likeness (QED) is 0.0100. The number of piperidine rings is 2. The number of imide groups is 2. The highest BCUT2D eigenvalue weighted by atomic mass is 79.9. The fourth-order valence-corrected chi connectivity index (χ4v) is 20.1. The van der Waals surface area contributed by atoms with E-state index in [1.807, 2.05) is 41.5 Å². The molecule has 3 aliphatic carbocycles. The zero-order valence-corrected chi connectivity index (χ0v) is 84.6. The zero-order chi connectivity index (χ0) is 97.4. The minimum Gasteiger partial charge on any atom is -0.399 e. The second kappa shape index (κ2) is 46.3. The van der Waals surface area contributed by atoms with Gasteiger partial charge in [-0.25, -0.2) is 13.1 Å². The van der Waals surface area contributed by atoms with Gasteiger partial charge in [0.15, 0.2) is 0 Å². The van der Waals surface area contributed by atoms with E-state index in [2.05, 4.69) is 248 Å². The highest BCUT2D eigenvalue weighted by molar-refractivity contribution is 9.09. The van der Waals surface area contributed by atoms with Gasteiger partial charge in [-0.15, -0.1) is 0 Å². The predicted octanol–water partition coefficient (Wildman–Crippen LogP) is 25.5. The lowest BCUT2D eigenvalue weighted by Gasteiger charge is -2.35. The third-order valence-electron chi connectivity index (χ3n) is 27.4. The first kappa shape index (κ1) is 103. The number of hydrogen-bond donors (Lipinski definition) is 4. The van der Waals surface area contributed by atoms with E-state index in [4.69, 9.17) is 38.2 Å². The van der Waals surface area contributed by atoms with Crippen molar-refractivity contribution in [3.05, 3.63) is 277 Å². The summed E-state index contributed by atoms with van der Waals surface area (Å²) >= 11 is 10.3. The van der Waals surface area contributed by atoms with Crippen molar-refractivity contribution >= 4 is 129 Å². The number of nitrogens with one attached hydrogen (secondary N) is 2. The van der Waals surface area contributed by atoms with Crippen LogP contribution in [0.15, 0.2) is 177 Å². The summed E-state index contributed by atoms with van der Waals surface area (Å²) < 4.78 is 16.2. The molecule has 3 aromatic heterocycles. The van der Waals surface area contributed by atoms with Crippen LogP contribution in [0.5, 0.6) is 0 Å². The maximum Gasteiger partial charge on any atom is 0.258 e. The average Bonchev–Trinajstić information content (AvgIpc) is 1.62. The minimum absolute atomic E-state index is 0. The summed E-state index contributed by atoms with van der Waals surface area (Å²) in [5, 5.41) is 30.9. The highest BCUT2D eigenvalue weighted by Crippen LogP contribution is 2.52. The molecule has 11 aromatic rings. The molecular weight excluding hydrogens is 1930 g/mol. The van der Waals surface area contributed by atoms with Crippen molar-refractivity contribution in [1.29, 1.82) is 5.26 Å². The monoisotopic (exact) mass is 2050 g/mol. The van der Waals surface area contributed by atoms with Gasteiger partial charge in [0.25, 0.3) is 28.8 Å². The van der Waals surface area contributed by atoms with E-state index < -0.39 is 18.0 Å². The summed E-state index contributed by atoms with van der Waals surface area (Å²) in [5.74, 6) is 0.974. The zero-order valence-electron chi connectivity index (χ0n) is 79.8. The Kier molecular flexibility index (Phi) is 34.5. The number of hydrogen-bond acceptors (Lipinski definition) is 18. The van der Waals surface area contributed by atoms with Gasteiger partial charge in [-0.2, -0.15) is 5.26 Å². The Bertz CT molecular complexity index is 6280. The molecule has 0 bridgehead atoms. The topological polar surface area (TPSA) is 305 Å². The number of fused-ring (bicyclic) bond motifs is 2. The number of alkyl halides is 3. The number of carbonyl (C=O) groups excluding carboxylic acids is 6. The maximum absolute atomic E-state index is 13.6. The molecule has 6 N–H and O–H groups in total. The summed E-state index contributed by atoms with van der Waals surface area (Å²) in [6.45, 7) is 36.2. The largest absolute Gasteiger partial charge is 0.399 e. The number of unbranched alkanes of at least 4 members (excludes halogenated alkanes) is 9. The molecule has 5 fully saturated rings. The molecule has 27 heteroatoms. The molecule has 0 spiro atoms. The third-order valence-corrected chi connectivity index (χ3v) is 29.0. The van der Waals surface area contributed by atoms with E-state index in [0.717, 1.165) is 217 Å². The Labute approximate surface area is 836 Å². The predicted molar refractivity (Wildman–Crippen MR) is 558 cm³/mol. The van der Waals surface area contributed by atoms with E-state index in [9.17, 15) is 34.0 Å². The van der Waals surface area contributed by atoms with Gasteiger partial charge in [-0.05, 0) is 292 Å².